The van der Waals surface area contributed by atoms with E-state index >= 15 is 0 Å². The van der Waals surface area contributed by atoms with E-state index in [0.29, 0.717) is 23.8 Å². The molecule has 3 saturated carbocycles. The second-order valence-electron chi connectivity index (χ2n) is 7.01. The van der Waals surface area contributed by atoms with E-state index in [1.54, 1.807) is 0 Å². The maximum absolute atomic E-state index is 12.3. The van der Waals surface area contributed by atoms with Crippen LogP contribution in [-0.2, 0) is 4.79 Å². The minimum Gasteiger partial charge on any atom is -0.353 e. The third kappa shape index (κ3) is 3.17. The molecule has 0 radical (unpaired) electrons. The van der Waals surface area contributed by atoms with Gasteiger partial charge in [0.2, 0.25) is 5.91 Å². The zero-order valence-electron chi connectivity index (χ0n) is 11.7. The summed E-state index contributed by atoms with van der Waals surface area (Å²) >= 11 is 3.60. The average Bonchev–Trinajstić information content (AvgIpc) is 3.01. The molecule has 1 amide bonds. The number of nitrogens with one attached hydrogen (secondary N) is 1. The fourth-order valence-corrected chi connectivity index (χ4v) is 5.49. The van der Waals surface area contributed by atoms with Crippen LogP contribution in [0.15, 0.2) is 0 Å². The molecule has 0 heterocycles. The number of fused-ring (bicyclic) bond motifs is 2. The van der Waals surface area contributed by atoms with E-state index in [9.17, 15) is 4.79 Å². The number of amides is 1. The summed E-state index contributed by atoms with van der Waals surface area (Å²) < 4.78 is 0. The van der Waals surface area contributed by atoms with Crippen LogP contribution in [0.2, 0.25) is 0 Å². The minimum absolute atomic E-state index is 0.329. The van der Waals surface area contributed by atoms with Crippen LogP contribution >= 0.6 is 15.9 Å². The maximum Gasteiger partial charge on any atom is 0.220 e. The van der Waals surface area contributed by atoms with Crippen molar-refractivity contribution in [2.45, 2.75) is 63.8 Å². The van der Waals surface area contributed by atoms with E-state index in [2.05, 4.69) is 21.2 Å². The Labute approximate surface area is 125 Å². The van der Waals surface area contributed by atoms with Crippen LogP contribution in [0, 0.1) is 23.7 Å². The Bertz CT molecular complexity index is 333. The summed E-state index contributed by atoms with van der Waals surface area (Å²) in [5, 5.41) is 4.37. The van der Waals surface area contributed by atoms with Gasteiger partial charge < -0.3 is 5.32 Å². The third-order valence-corrected chi connectivity index (χ3v) is 6.62. The molecule has 5 unspecified atom stereocenters. The molecular weight excluding hydrogens is 302 g/mol. The van der Waals surface area contributed by atoms with Crippen molar-refractivity contribution in [3.05, 3.63) is 0 Å². The smallest absolute Gasteiger partial charge is 0.220 e. The van der Waals surface area contributed by atoms with Gasteiger partial charge in [-0.1, -0.05) is 35.2 Å². The summed E-state index contributed by atoms with van der Waals surface area (Å²) in [4.78, 5) is 12.3. The van der Waals surface area contributed by atoms with Crippen molar-refractivity contribution < 1.29 is 4.79 Å². The van der Waals surface area contributed by atoms with Gasteiger partial charge in [0, 0.05) is 17.8 Å². The van der Waals surface area contributed by atoms with Gasteiger partial charge in [0.1, 0.15) is 0 Å². The van der Waals surface area contributed by atoms with Gasteiger partial charge in [-0.3, -0.25) is 4.79 Å². The number of carbonyl (C=O) groups excluding carboxylic acids is 1. The molecular formula is C16H26BrNO. The normalized spacial score (nSPS) is 41.4. The predicted octanol–water partition coefficient (Wildman–Crippen LogP) is 3.88. The Morgan fingerprint density at radius 2 is 1.89 bits per heavy atom. The highest BCUT2D eigenvalue weighted by Crippen LogP contribution is 2.49. The number of hydrogen-bond donors (Lipinski definition) is 1. The van der Waals surface area contributed by atoms with E-state index in [1.165, 1.54) is 51.4 Å². The molecule has 0 aromatic carbocycles. The van der Waals surface area contributed by atoms with Gasteiger partial charge in [0.25, 0.3) is 0 Å². The fourth-order valence-electron chi connectivity index (χ4n) is 4.71. The largest absolute Gasteiger partial charge is 0.353 e. The molecule has 3 heteroatoms. The van der Waals surface area contributed by atoms with E-state index in [4.69, 9.17) is 0 Å². The maximum atomic E-state index is 12.3. The second kappa shape index (κ2) is 6.15. The molecule has 2 bridgehead atoms. The summed E-state index contributed by atoms with van der Waals surface area (Å²) in [6.45, 7) is 0. The molecule has 108 valence electrons. The molecule has 3 aliphatic carbocycles. The van der Waals surface area contributed by atoms with Gasteiger partial charge in [0.05, 0.1) is 0 Å². The fraction of sp³-hybridized carbons (Fsp3) is 0.938. The first-order valence-electron chi connectivity index (χ1n) is 8.11. The number of alkyl halides is 1. The highest BCUT2D eigenvalue weighted by atomic mass is 79.9. The quantitative estimate of drug-likeness (QED) is 0.780. The number of halogens is 1. The molecule has 3 fully saturated rings. The molecule has 0 saturated heterocycles. The van der Waals surface area contributed by atoms with Crippen molar-refractivity contribution in [3.63, 3.8) is 0 Å². The molecule has 0 spiro atoms. The summed E-state index contributed by atoms with van der Waals surface area (Å²) in [6.07, 6.45) is 11.4. The Morgan fingerprint density at radius 1 is 1.05 bits per heavy atom. The van der Waals surface area contributed by atoms with Crippen molar-refractivity contribution in [2.75, 3.05) is 5.33 Å². The van der Waals surface area contributed by atoms with Crippen LogP contribution in [0.4, 0.5) is 0 Å². The molecule has 19 heavy (non-hydrogen) atoms. The average molecular weight is 328 g/mol. The van der Waals surface area contributed by atoms with Crippen molar-refractivity contribution in [2.24, 2.45) is 23.7 Å². The number of rotatable bonds is 4. The van der Waals surface area contributed by atoms with E-state index in [0.717, 1.165) is 23.6 Å². The van der Waals surface area contributed by atoms with Gasteiger partial charge in [-0.2, -0.15) is 0 Å². The minimum atomic E-state index is 0.329. The third-order valence-electron chi connectivity index (χ3n) is 5.79. The SMILES string of the molecule is O=C(CC1CC2CCC1C2)NC1CCCCC1CBr. The van der Waals surface area contributed by atoms with Crippen LogP contribution in [0.25, 0.3) is 0 Å². The summed E-state index contributed by atoms with van der Waals surface area (Å²) in [5.74, 6) is 3.50. The molecule has 0 aliphatic heterocycles. The van der Waals surface area contributed by atoms with Crippen molar-refractivity contribution in [3.8, 4) is 0 Å². The first-order chi connectivity index (χ1) is 9.26. The Hall–Kier alpha value is -0.0500. The van der Waals surface area contributed by atoms with Crippen LogP contribution in [0.1, 0.15) is 57.8 Å². The zero-order valence-corrected chi connectivity index (χ0v) is 13.3. The Balaban J connectivity index is 1.48. The van der Waals surface area contributed by atoms with E-state index < -0.39 is 0 Å². The molecule has 1 N–H and O–H groups in total. The Kier molecular flexibility index (Phi) is 4.51. The van der Waals surface area contributed by atoms with Crippen molar-refractivity contribution >= 4 is 21.8 Å². The summed E-state index contributed by atoms with van der Waals surface area (Å²) in [7, 11) is 0. The number of carbonyl (C=O) groups is 1. The first-order valence-corrected chi connectivity index (χ1v) is 9.23. The lowest BCUT2D eigenvalue weighted by molar-refractivity contribution is -0.123. The molecule has 0 aromatic heterocycles. The lowest BCUT2D eigenvalue weighted by atomic mass is 9.84. The van der Waals surface area contributed by atoms with Gasteiger partial charge in [-0.25, -0.2) is 0 Å². The molecule has 0 aromatic rings. The lowest BCUT2D eigenvalue weighted by Crippen LogP contribution is -2.43. The highest BCUT2D eigenvalue weighted by Gasteiger charge is 2.40. The molecule has 3 rings (SSSR count). The summed E-state index contributed by atoms with van der Waals surface area (Å²) in [5.41, 5.74) is 0. The lowest BCUT2D eigenvalue weighted by Gasteiger charge is -2.31. The van der Waals surface area contributed by atoms with Crippen molar-refractivity contribution in [1.29, 1.82) is 0 Å². The standard InChI is InChI=1S/C16H26BrNO/c17-10-13-3-1-2-4-15(13)18-16(19)9-14-8-11-5-6-12(14)7-11/h11-15H,1-10H2,(H,18,19). The van der Waals surface area contributed by atoms with Gasteiger partial charge >= 0.3 is 0 Å². The first kappa shape index (κ1) is 13.9. The van der Waals surface area contributed by atoms with Gasteiger partial charge in [0.15, 0.2) is 0 Å². The van der Waals surface area contributed by atoms with Crippen LogP contribution in [-0.4, -0.2) is 17.3 Å². The monoisotopic (exact) mass is 327 g/mol. The summed E-state index contributed by atoms with van der Waals surface area (Å²) in [6, 6.07) is 0.430. The zero-order chi connectivity index (χ0) is 13.2. The molecule has 2 nitrogen and oxygen atoms in total. The number of hydrogen-bond acceptors (Lipinski definition) is 1. The van der Waals surface area contributed by atoms with Crippen LogP contribution in [0.3, 0.4) is 0 Å². The predicted molar refractivity (Wildman–Crippen MR) is 81.2 cm³/mol. The van der Waals surface area contributed by atoms with Crippen LogP contribution < -0.4 is 5.32 Å². The molecule has 5 atom stereocenters. The second-order valence-corrected chi connectivity index (χ2v) is 7.66. The Morgan fingerprint density at radius 3 is 2.58 bits per heavy atom. The molecule has 3 aliphatic rings. The van der Waals surface area contributed by atoms with Crippen LogP contribution in [0.5, 0.6) is 0 Å². The van der Waals surface area contributed by atoms with Gasteiger partial charge in [-0.05, 0) is 55.8 Å². The van der Waals surface area contributed by atoms with E-state index in [1.807, 2.05) is 0 Å². The van der Waals surface area contributed by atoms with Gasteiger partial charge in [-0.15, -0.1) is 0 Å². The van der Waals surface area contributed by atoms with Crippen molar-refractivity contribution in [1.82, 2.24) is 5.32 Å². The van der Waals surface area contributed by atoms with E-state index in [-0.39, 0.29) is 0 Å². The highest BCUT2D eigenvalue weighted by molar-refractivity contribution is 9.09. The topological polar surface area (TPSA) is 29.1 Å².